The van der Waals surface area contributed by atoms with Gasteiger partial charge in [-0.2, -0.15) is 0 Å². The van der Waals surface area contributed by atoms with E-state index in [1.54, 1.807) is 0 Å². The van der Waals surface area contributed by atoms with Gasteiger partial charge >= 0.3 is 0 Å². The minimum absolute atomic E-state index is 0.160. The average molecular weight is 465 g/mol. The van der Waals surface area contributed by atoms with Gasteiger partial charge in [-0.3, -0.25) is 9.97 Å². The molecule has 0 saturated heterocycles. The van der Waals surface area contributed by atoms with E-state index in [4.69, 9.17) is 0 Å². The molecule has 3 aromatic rings. The lowest BCUT2D eigenvalue weighted by atomic mass is 9.88. The van der Waals surface area contributed by atoms with Crippen LogP contribution in [0.25, 0.3) is 0 Å². The van der Waals surface area contributed by atoms with Crippen molar-refractivity contribution in [1.29, 1.82) is 0 Å². The van der Waals surface area contributed by atoms with Crippen LogP contribution in [0.1, 0.15) is 79.0 Å². The summed E-state index contributed by atoms with van der Waals surface area (Å²) in [5, 5.41) is 0. The Morgan fingerprint density at radius 1 is 0.529 bits per heavy atom. The molecule has 0 aliphatic heterocycles. The van der Waals surface area contributed by atoms with Crippen LogP contribution < -0.4 is 0 Å². The third kappa shape index (κ3) is 16.1. The van der Waals surface area contributed by atoms with Gasteiger partial charge in [-0.25, -0.2) is 4.39 Å². The van der Waals surface area contributed by atoms with Gasteiger partial charge in [0.15, 0.2) is 0 Å². The van der Waals surface area contributed by atoms with Crippen molar-refractivity contribution < 1.29 is 4.39 Å². The summed E-state index contributed by atoms with van der Waals surface area (Å²) in [7, 11) is 0. The van der Waals surface area contributed by atoms with Gasteiger partial charge in [-0.15, -0.1) is 0 Å². The molecule has 0 atom stereocenters. The third-order valence-corrected chi connectivity index (χ3v) is 4.59. The van der Waals surface area contributed by atoms with E-state index in [2.05, 4.69) is 90.5 Å². The van der Waals surface area contributed by atoms with Crippen molar-refractivity contribution in [2.24, 2.45) is 16.2 Å². The molecule has 0 saturated carbocycles. The zero-order chi connectivity index (χ0) is 25.8. The minimum Gasteiger partial charge on any atom is -0.265 e. The molecule has 0 radical (unpaired) electrons. The van der Waals surface area contributed by atoms with Crippen LogP contribution in [0.15, 0.2) is 73.3 Å². The number of rotatable bonds is 3. The molecule has 3 heteroatoms. The van der Waals surface area contributed by atoms with Crippen molar-refractivity contribution in [2.45, 2.75) is 81.6 Å². The second kappa shape index (κ2) is 13.4. The molecule has 0 N–H and O–H groups in total. The molecule has 0 amide bonds. The van der Waals surface area contributed by atoms with Gasteiger partial charge in [-0.1, -0.05) is 80.5 Å². The quantitative estimate of drug-likeness (QED) is 0.387. The molecule has 34 heavy (non-hydrogen) atoms. The smallest absolute Gasteiger partial charge is 0.123 e. The maximum absolute atomic E-state index is 12.5. The van der Waals surface area contributed by atoms with Crippen molar-refractivity contribution in [3.8, 4) is 0 Å². The van der Waals surface area contributed by atoms with E-state index in [1.807, 2.05) is 43.0 Å². The predicted octanol–water partition coefficient (Wildman–Crippen LogP) is 8.75. The minimum atomic E-state index is -0.160. The first kappa shape index (κ1) is 29.5. The molecule has 0 aliphatic rings. The second-order valence-corrected chi connectivity index (χ2v) is 12.6. The first-order valence-electron chi connectivity index (χ1n) is 12.2. The summed E-state index contributed by atoms with van der Waals surface area (Å²) < 4.78 is 12.5. The second-order valence-electron chi connectivity index (χ2n) is 12.6. The van der Waals surface area contributed by atoms with E-state index in [0.29, 0.717) is 10.8 Å². The van der Waals surface area contributed by atoms with Crippen molar-refractivity contribution in [1.82, 2.24) is 9.97 Å². The van der Waals surface area contributed by atoms with Crippen molar-refractivity contribution >= 4 is 0 Å². The fraction of sp³-hybridized carbons (Fsp3) is 0.484. The fourth-order valence-electron chi connectivity index (χ4n) is 3.44. The average Bonchev–Trinajstić information content (AvgIpc) is 2.69. The maximum atomic E-state index is 12.5. The molecular formula is C31H45FN2. The normalized spacial score (nSPS) is 11.6. The summed E-state index contributed by atoms with van der Waals surface area (Å²) in [6.07, 6.45) is 10.7. The highest BCUT2D eigenvalue weighted by molar-refractivity contribution is 5.17. The van der Waals surface area contributed by atoms with Crippen LogP contribution in [-0.2, 0) is 19.3 Å². The summed E-state index contributed by atoms with van der Waals surface area (Å²) in [6, 6.07) is 15.0. The van der Waals surface area contributed by atoms with Gasteiger partial charge in [0.05, 0.1) is 0 Å². The van der Waals surface area contributed by atoms with Crippen LogP contribution in [0.2, 0.25) is 0 Å². The van der Waals surface area contributed by atoms with Gasteiger partial charge in [-0.05, 0) is 82.5 Å². The monoisotopic (exact) mass is 464 g/mol. The predicted molar refractivity (Wildman–Crippen MR) is 144 cm³/mol. The van der Waals surface area contributed by atoms with Crippen LogP contribution in [0.5, 0.6) is 0 Å². The zero-order valence-electron chi connectivity index (χ0n) is 22.8. The van der Waals surface area contributed by atoms with Crippen LogP contribution in [0.4, 0.5) is 4.39 Å². The number of hydrogen-bond acceptors (Lipinski definition) is 2. The first-order valence-corrected chi connectivity index (χ1v) is 12.2. The summed E-state index contributed by atoms with van der Waals surface area (Å²) in [4.78, 5) is 8.04. The topological polar surface area (TPSA) is 25.8 Å². The number of aromatic nitrogens is 2. The van der Waals surface area contributed by atoms with Crippen LogP contribution in [0.3, 0.4) is 0 Å². The zero-order valence-corrected chi connectivity index (χ0v) is 22.8. The first-order chi connectivity index (χ1) is 15.6. The molecule has 0 bridgehead atoms. The molecule has 0 unspecified atom stereocenters. The van der Waals surface area contributed by atoms with Gasteiger partial charge < -0.3 is 0 Å². The van der Waals surface area contributed by atoms with E-state index in [9.17, 15) is 4.39 Å². The van der Waals surface area contributed by atoms with Crippen molar-refractivity contribution in [3.05, 3.63) is 95.8 Å². The van der Waals surface area contributed by atoms with E-state index in [0.717, 1.165) is 19.3 Å². The Kier molecular flexibility index (Phi) is 11.6. The van der Waals surface area contributed by atoms with E-state index < -0.39 is 0 Å². The summed E-state index contributed by atoms with van der Waals surface area (Å²) in [5.41, 5.74) is 4.90. The molecule has 2 aromatic heterocycles. The highest BCUT2D eigenvalue weighted by Crippen LogP contribution is 2.21. The number of benzene rings is 1. The number of pyridine rings is 2. The summed E-state index contributed by atoms with van der Waals surface area (Å²) in [5.74, 6) is -0.160. The highest BCUT2D eigenvalue weighted by Gasteiger charge is 2.11. The Hall–Kier alpha value is -2.55. The highest BCUT2D eigenvalue weighted by atomic mass is 19.1. The molecule has 2 nitrogen and oxygen atoms in total. The molecule has 0 spiro atoms. The molecule has 0 fully saturated rings. The Morgan fingerprint density at radius 2 is 0.971 bits per heavy atom. The third-order valence-electron chi connectivity index (χ3n) is 4.59. The SMILES string of the molecule is CC(C)(C)Cc1ccc(F)cc1.CC(C)(C)Cc1cccnc1.CC(C)(C)Cc1ccncc1. The molecule has 1 aromatic carbocycles. The number of hydrogen-bond donors (Lipinski definition) is 0. The Morgan fingerprint density at radius 3 is 1.38 bits per heavy atom. The number of nitrogens with zero attached hydrogens (tertiary/aromatic N) is 2. The molecule has 0 aliphatic carbocycles. The molecule has 186 valence electrons. The number of halogens is 1. The van der Waals surface area contributed by atoms with Gasteiger partial charge in [0.1, 0.15) is 5.82 Å². The van der Waals surface area contributed by atoms with E-state index >= 15 is 0 Å². The van der Waals surface area contributed by atoms with Crippen molar-refractivity contribution in [3.63, 3.8) is 0 Å². The maximum Gasteiger partial charge on any atom is 0.123 e. The summed E-state index contributed by atoms with van der Waals surface area (Å²) in [6.45, 7) is 20.0. The van der Waals surface area contributed by atoms with Gasteiger partial charge in [0.25, 0.3) is 0 Å². The van der Waals surface area contributed by atoms with Crippen LogP contribution in [-0.4, -0.2) is 9.97 Å². The van der Waals surface area contributed by atoms with Crippen LogP contribution in [0, 0.1) is 22.1 Å². The molecular weight excluding hydrogens is 419 g/mol. The largest absolute Gasteiger partial charge is 0.265 e. The van der Waals surface area contributed by atoms with Crippen LogP contribution >= 0.6 is 0 Å². The Bertz CT molecular complexity index is 862. The van der Waals surface area contributed by atoms with E-state index in [1.165, 1.54) is 28.8 Å². The lowest BCUT2D eigenvalue weighted by Gasteiger charge is -2.17. The van der Waals surface area contributed by atoms with Crippen molar-refractivity contribution in [2.75, 3.05) is 0 Å². The standard InChI is InChI=1S/C11H15F.2C10H15N/c1-11(2,3)8-9-4-6-10(12)7-5-9;1-10(2,3)8-9-4-6-11-7-5-9;1-10(2,3)7-9-5-4-6-11-8-9/h4-7H,8H2,1-3H3;4-7H,8H2,1-3H3;4-6,8H,7H2,1-3H3. The molecule has 3 rings (SSSR count). The van der Waals surface area contributed by atoms with E-state index in [-0.39, 0.29) is 11.2 Å². The lowest BCUT2D eigenvalue weighted by molar-refractivity contribution is 0.410. The summed E-state index contributed by atoms with van der Waals surface area (Å²) >= 11 is 0. The Balaban J connectivity index is 0.000000255. The fourth-order valence-corrected chi connectivity index (χ4v) is 3.44. The molecule has 2 heterocycles. The lowest BCUT2D eigenvalue weighted by Crippen LogP contribution is -2.08. The van der Waals surface area contributed by atoms with Gasteiger partial charge in [0, 0.05) is 24.8 Å². The Labute approximate surface area is 208 Å². The van der Waals surface area contributed by atoms with Gasteiger partial charge in [0.2, 0.25) is 0 Å².